The van der Waals surface area contributed by atoms with Crippen molar-refractivity contribution in [3.8, 4) is 0 Å². The van der Waals surface area contributed by atoms with E-state index in [4.69, 9.17) is 4.74 Å². The van der Waals surface area contributed by atoms with E-state index in [1.807, 2.05) is 42.5 Å². The summed E-state index contributed by atoms with van der Waals surface area (Å²) in [5.74, 6) is -0.882. The summed E-state index contributed by atoms with van der Waals surface area (Å²) in [6.45, 7) is 3.02. The average molecular weight is 382 g/mol. The van der Waals surface area contributed by atoms with Gasteiger partial charge in [-0.2, -0.15) is 0 Å². The van der Waals surface area contributed by atoms with Crippen LogP contribution in [-0.2, 0) is 25.5 Å². The van der Waals surface area contributed by atoms with Gasteiger partial charge in [0.05, 0.1) is 25.5 Å². The number of nitrogens with one attached hydrogen (secondary N) is 1. The van der Waals surface area contributed by atoms with E-state index in [-0.39, 0.29) is 36.7 Å². The van der Waals surface area contributed by atoms with E-state index >= 15 is 0 Å². The molecular weight excluding hydrogens is 356 g/mol. The molecule has 28 heavy (non-hydrogen) atoms. The highest BCUT2D eigenvalue weighted by Crippen LogP contribution is 2.19. The zero-order chi connectivity index (χ0) is 19.9. The van der Waals surface area contributed by atoms with Gasteiger partial charge in [-0.3, -0.25) is 14.4 Å². The number of rotatable bonds is 6. The zero-order valence-electron chi connectivity index (χ0n) is 16.1. The van der Waals surface area contributed by atoms with Gasteiger partial charge < -0.3 is 15.0 Å². The number of hydrogen-bond acceptors (Lipinski definition) is 4. The maximum atomic E-state index is 12.5. The lowest BCUT2D eigenvalue weighted by atomic mass is 9.98. The number of piperidine rings is 1. The molecule has 6 heteroatoms. The number of esters is 1. The molecule has 1 N–H and O–H groups in total. The number of benzene rings is 2. The highest BCUT2D eigenvalue weighted by Gasteiger charge is 2.29. The molecule has 1 heterocycles. The van der Waals surface area contributed by atoms with E-state index < -0.39 is 0 Å². The first kappa shape index (κ1) is 19.9. The molecular formula is C22H26N2O4. The number of hydrogen-bond donors (Lipinski definition) is 1. The molecule has 2 aromatic carbocycles. The van der Waals surface area contributed by atoms with Crippen LogP contribution in [0.5, 0.6) is 0 Å². The van der Waals surface area contributed by atoms with Crippen molar-refractivity contribution in [1.29, 1.82) is 0 Å². The predicted molar refractivity (Wildman–Crippen MR) is 107 cm³/mol. The fourth-order valence-corrected chi connectivity index (χ4v) is 3.62. The maximum absolute atomic E-state index is 12.5. The van der Waals surface area contributed by atoms with Crippen molar-refractivity contribution in [2.75, 3.05) is 26.2 Å². The minimum atomic E-state index is -0.274. The van der Waals surface area contributed by atoms with Crippen LogP contribution in [0.15, 0.2) is 42.5 Å². The summed E-state index contributed by atoms with van der Waals surface area (Å²) < 4.78 is 5.06. The Bertz CT molecular complexity index is 859. The van der Waals surface area contributed by atoms with E-state index in [2.05, 4.69) is 5.32 Å². The minimum absolute atomic E-state index is 0.0564. The number of amides is 2. The smallest absolute Gasteiger partial charge is 0.310 e. The monoisotopic (exact) mass is 382 g/mol. The van der Waals surface area contributed by atoms with Crippen LogP contribution in [0.3, 0.4) is 0 Å². The molecule has 0 spiro atoms. The Labute approximate surface area is 164 Å². The molecule has 1 aliphatic heterocycles. The molecule has 0 aliphatic carbocycles. The van der Waals surface area contributed by atoms with Gasteiger partial charge >= 0.3 is 5.97 Å². The van der Waals surface area contributed by atoms with E-state index in [1.54, 1.807) is 11.8 Å². The Morgan fingerprint density at radius 1 is 1.14 bits per heavy atom. The predicted octanol–water partition coefficient (Wildman–Crippen LogP) is 2.30. The molecule has 148 valence electrons. The number of likely N-dealkylation sites (tertiary alicyclic amines) is 1. The SMILES string of the molecule is CCOC(=O)C1CCCN(C(=O)CNC(=O)Cc2cccc3ccccc23)C1. The first-order chi connectivity index (χ1) is 13.6. The third-order valence-corrected chi connectivity index (χ3v) is 5.06. The number of carbonyl (C=O) groups excluding carboxylic acids is 3. The third-order valence-electron chi connectivity index (χ3n) is 5.06. The molecule has 1 fully saturated rings. The van der Waals surface area contributed by atoms with E-state index in [0.717, 1.165) is 29.2 Å². The van der Waals surface area contributed by atoms with E-state index in [1.165, 1.54) is 0 Å². The lowest BCUT2D eigenvalue weighted by molar-refractivity contribution is -0.151. The van der Waals surface area contributed by atoms with Crippen LogP contribution in [0.1, 0.15) is 25.3 Å². The number of ether oxygens (including phenoxy) is 1. The molecule has 1 atom stereocenters. The van der Waals surface area contributed by atoms with Gasteiger partial charge in [0, 0.05) is 13.1 Å². The normalized spacial score (nSPS) is 16.6. The Morgan fingerprint density at radius 2 is 1.93 bits per heavy atom. The molecule has 3 rings (SSSR count). The van der Waals surface area contributed by atoms with Crippen LogP contribution in [-0.4, -0.2) is 48.9 Å². The van der Waals surface area contributed by atoms with Gasteiger partial charge in [0.15, 0.2) is 0 Å². The summed E-state index contributed by atoms with van der Waals surface area (Å²) in [6.07, 6.45) is 1.72. The highest BCUT2D eigenvalue weighted by atomic mass is 16.5. The molecule has 0 aromatic heterocycles. The second kappa shape index (κ2) is 9.35. The number of carbonyl (C=O) groups is 3. The van der Waals surface area contributed by atoms with Crippen LogP contribution < -0.4 is 5.32 Å². The molecule has 1 aliphatic rings. The first-order valence-electron chi connectivity index (χ1n) is 9.76. The van der Waals surface area contributed by atoms with Crippen molar-refractivity contribution in [3.63, 3.8) is 0 Å². The second-order valence-electron chi connectivity index (χ2n) is 7.02. The lowest BCUT2D eigenvalue weighted by Crippen LogP contribution is -2.47. The Kier molecular flexibility index (Phi) is 6.63. The fourth-order valence-electron chi connectivity index (χ4n) is 3.62. The Balaban J connectivity index is 1.52. The minimum Gasteiger partial charge on any atom is -0.466 e. The highest BCUT2D eigenvalue weighted by molar-refractivity contribution is 5.91. The van der Waals surface area contributed by atoms with Crippen LogP contribution in [0.25, 0.3) is 10.8 Å². The van der Waals surface area contributed by atoms with Gasteiger partial charge in [-0.25, -0.2) is 0 Å². The summed E-state index contributed by atoms with van der Waals surface area (Å²) in [4.78, 5) is 38.4. The van der Waals surface area contributed by atoms with Crippen molar-refractivity contribution >= 4 is 28.6 Å². The van der Waals surface area contributed by atoms with Gasteiger partial charge in [0.25, 0.3) is 0 Å². The molecule has 1 unspecified atom stereocenters. The summed E-state index contributed by atoms with van der Waals surface area (Å²) in [6, 6.07) is 13.8. The van der Waals surface area contributed by atoms with Crippen LogP contribution >= 0.6 is 0 Å². The number of nitrogens with zero attached hydrogens (tertiary/aromatic N) is 1. The lowest BCUT2D eigenvalue weighted by Gasteiger charge is -2.31. The molecule has 0 bridgehead atoms. The van der Waals surface area contributed by atoms with Crippen LogP contribution in [0, 0.1) is 5.92 Å². The van der Waals surface area contributed by atoms with Crippen LogP contribution in [0.4, 0.5) is 0 Å². The van der Waals surface area contributed by atoms with Gasteiger partial charge in [-0.05, 0) is 36.1 Å². The molecule has 2 amide bonds. The van der Waals surface area contributed by atoms with Crippen molar-refractivity contribution in [3.05, 3.63) is 48.0 Å². The first-order valence-corrected chi connectivity index (χ1v) is 9.76. The topological polar surface area (TPSA) is 75.7 Å². The van der Waals surface area contributed by atoms with Gasteiger partial charge in [0.1, 0.15) is 0 Å². The van der Waals surface area contributed by atoms with E-state index in [0.29, 0.717) is 19.7 Å². The van der Waals surface area contributed by atoms with Crippen LogP contribution in [0.2, 0.25) is 0 Å². The molecule has 0 saturated carbocycles. The summed E-state index contributed by atoms with van der Waals surface area (Å²) in [5.41, 5.74) is 0.934. The summed E-state index contributed by atoms with van der Waals surface area (Å²) in [7, 11) is 0. The Morgan fingerprint density at radius 3 is 2.75 bits per heavy atom. The standard InChI is InChI=1S/C22H26N2O4/c1-2-28-22(27)18-10-6-12-24(15-18)21(26)14-23-20(25)13-17-9-5-8-16-7-3-4-11-19(16)17/h3-5,7-9,11,18H,2,6,10,12-15H2,1H3,(H,23,25). The largest absolute Gasteiger partial charge is 0.466 e. The second-order valence-corrected chi connectivity index (χ2v) is 7.02. The Hall–Kier alpha value is -2.89. The molecule has 6 nitrogen and oxygen atoms in total. The van der Waals surface area contributed by atoms with Crippen molar-refractivity contribution in [2.24, 2.45) is 5.92 Å². The van der Waals surface area contributed by atoms with Crippen molar-refractivity contribution in [2.45, 2.75) is 26.2 Å². The number of fused-ring (bicyclic) bond motifs is 1. The summed E-state index contributed by atoms with van der Waals surface area (Å²) >= 11 is 0. The quantitative estimate of drug-likeness (QED) is 0.778. The maximum Gasteiger partial charge on any atom is 0.310 e. The summed E-state index contributed by atoms with van der Waals surface area (Å²) in [5, 5.41) is 4.84. The van der Waals surface area contributed by atoms with E-state index in [9.17, 15) is 14.4 Å². The van der Waals surface area contributed by atoms with Crippen molar-refractivity contribution < 1.29 is 19.1 Å². The van der Waals surface area contributed by atoms with Gasteiger partial charge in [0.2, 0.25) is 11.8 Å². The average Bonchev–Trinajstić information content (AvgIpc) is 2.72. The zero-order valence-corrected chi connectivity index (χ0v) is 16.1. The van der Waals surface area contributed by atoms with Gasteiger partial charge in [-0.1, -0.05) is 42.5 Å². The molecule has 1 saturated heterocycles. The van der Waals surface area contributed by atoms with Crippen molar-refractivity contribution in [1.82, 2.24) is 10.2 Å². The van der Waals surface area contributed by atoms with Gasteiger partial charge in [-0.15, -0.1) is 0 Å². The molecule has 0 radical (unpaired) electrons. The molecule has 2 aromatic rings. The fraction of sp³-hybridized carbons (Fsp3) is 0.409. The third kappa shape index (κ3) is 4.88.